The first-order valence-corrected chi connectivity index (χ1v) is 7.96. The SMILES string of the molecule is Cc1nc(C2=CCN(C(=O)CC(F)(F)F)C2)c2c(cnc3[nH]ccc32)n1. The first-order chi connectivity index (χ1) is 12.3. The Balaban J connectivity index is 1.73. The van der Waals surface area contributed by atoms with Crippen molar-refractivity contribution < 1.29 is 18.0 Å². The van der Waals surface area contributed by atoms with Crippen LogP contribution in [-0.4, -0.2) is 50.0 Å². The molecule has 1 aliphatic rings. The summed E-state index contributed by atoms with van der Waals surface area (Å²) in [5.74, 6) is -0.405. The zero-order valence-corrected chi connectivity index (χ0v) is 13.8. The summed E-state index contributed by atoms with van der Waals surface area (Å²) in [6, 6.07) is 1.86. The highest BCUT2D eigenvalue weighted by atomic mass is 19.4. The van der Waals surface area contributed by atoms with E-state index in [1.807, 2.05) is 6.07 Å². The Morgan fingerprint density at radius 3 is 2.92 bits per heavy atom. The number of hydrogen-bond donors (Lipinski definition) is 1. The van der Waals surface area contributed by atoms with Gasteiger partial charge >= 0.3 is 6.18 Å². The minimum absolute atomic E-state index is 0.0920. The van der Waals surface area contributed by atoms with Crippen LogP contribution < -0.4 is 0 Å². The van der Waals surface area contributed by atoms with Gasteiger partial charge in [-0.3, -0.25) is 4.79 Å². The Labute approximate surface area is 145 Å². The van der Waals surface area contributed by atoms with Crippen LogP contribution in [0.3, 0.4) is 0 Å². The molecule has 0 aromatic carbocycles. The van der Waals surface area contributed by atoms with Crippen molar-refractivity contribution in [2.45, 2.75) is 19.5 Å². The van der Waals surface area contributed by atoms with Crippen LogP contribution in [0.1, 0.15) is 17.9 Å². The summed E-state index contributed by atoms with van der Waals surface area (Å²) in [6.45, 7) is 1.97. The molecule has 26 heavy (non-hydrogen) atoms. The number of alkyl halides is 3. The van der Waals surface area contributed by atoms with Gasteiger partial charge in [-0.1, -0.05) is 6.08 Å². The lowest BCUT2D eigenvalue weighted by Crippen LogP contribution is -2.32. The van der Waals surface area contributed by atoms with Gasteiger partial charge in [0.25, 0.3) is 0 Å². The van der Waals surface area contributed by atoms with Crippen molar-refractivity contribution in [3.8, 4) is 0 Å². The monoisotopic (exact) mass is 361 g/mol. The molecule has 134 valence electrons. The van der Waals surface area contributed by atoms with Gasteiger partial charge in [0.15, 0.2) is 0 Å². The van der Waals surface area contributed by atoms with E-state index in [9.17, 15) is 18.0 Å². The highest BCUT2D eigenvalue weighted by molar-refractivity contribution is 6.08. The number of H-pyrrole nitrogens is 1. The summed E-state index contributed by atoms with van der Waals surface area (Å²) in [5, 5.41) is 1.61. The Kier molecular flexibility index (Phi) is 3.67. The fourth-order valence-corrected chi connectivity index (χ4v) is 3.18. The summed E-state index contributed by atoms with van der Waals surface area (Å²) >= 11 is 0. The number of nitrogens with one attached hydrogen (secondary N) is 1. The number of aromatic nitrogens is 4. The van der Waals surface area contributed by atoms with Gasteiger partial charge in [-0.15, -0.1) is 0 Å². The molecule has 4 heterocycles. The maximum absolute atomic E-state index is 12.5. The summed E-state index contributed by atoms with van der Waals surface area (Å²) in [7, 11) is 0. The Morgan fingerprint density at radius 2 is 2.15 bits per heavy atom. The third-order valence-corrected chi connectivity index (χ3v) is 4.29. The van der Waals surface area contributed by atoms with E-state index in [-0.39, 0.29) is 13.1 Å². The van der Waals surface area contributed by atoms with Crippen molar-refractivity contribution in [2.24, 2.45) is 0 Å². The van der Waals surface area contributed by atoms with Crippen LogP contribution in [0.25, 0.3) is 27.5 Å². The van der Waals surface area contributed by atoms with Crippen molar-refractivity contribution in [2.75, 3.05) is 13.1 Å². The van der Waals surface area contributed by atoms with E-state index in [0.717, 1.165) is 10.8 Å². The summed E-state index contributed by atoms with van der Waals surface area (Å²) in [5.41, 5.74) is 2.67. The van der Waals surface area contributed by atoms with E-state index < -0.39 is 18.5 Å². The van der Waals surface area contributed by atoms with Crippen LogP contribution in [0.15, 0.2) is 24.5 Å². The van der Waals surface area contributed by atoms with Crippen molar-refractivity contribution in [1.82, 2.24) is 24.8 Å². The lowest BCUT2D eigenvalue weighted by molar-refractivity contribution is -0.160. The van der Waals surface area contributed by atoms with Crippen LogP contribution in [0, 0.1) is 6.92 Å². The largest absolute Gasteiger partial charge is 0.397 e. The van der Waals surface area contributed by atoms with E-state index in [1.165, 1.54) is 4.90 Å². The lowest BCUT2D eigenvalue weighted by atomic mass is 10.1. The molecule has 0 atom stereocenters. The predicted octanol–water partition coefficient (Wildman–Crippen LogP) is 2.99. The number of carbonyl (C=O) groups excluding carboxylic acids is 1. The molecule has 1 amide bonds. The zero-order chi connectivity index (χ0) is 18.5. The van der Waals surface area contributed by atoms with Crippen LogP contribution in [0.2, 0.25) is 0 Å². The quantitative estimate of drug-likeness (QED) is 0.761. The molecule has 0 bridgehead atoms. The molecule has 0 aliphatic carbocycles. The summed E-state index contributed by atoms with van der Waals surface area (Å²) < 4.78 is 37.5. The number of rotatable bonds is 2. The van der Waals surface area contributed by atoms with Crippen molar-refractivity contribution >= 4 is 33.4 Å². The second kappa shape index (κ2) is 5.79. The number of aromatic amines is 1. The number of carbonyl (C=O) groups is 1. The average Bonchev–Trinajstić information content (AvgIpc) is 3.21. The summed E-state index contributed by atoms with van der Waals surface area (Å²) in [6.07, 6.45) is -0.837. The average molecular weight is 361 g/mol. The number of nitrogens with zero attached hydrogens (tertiary/aromatic N) is 4. The molecule has 0 saturated carbocycles. The standard InChI is InChI=1S/C17H14F3N5O/c1-9-23-12-7-22-16-11(2-4-21-16)14(12)15(24-9)10-3-5-25(8-10)13(26)6-17(18,19)20/h2-4,7H,5-6,8H2,1H3,(H,21,22). The lowest BCUT2D eigenvalue weighted by Gasteiger charge is -2.18. The number of halogens is 3. The fourth-order valence-electron chi connectivity index (χ4n) is 3.18. The van der Waals surface area contributed by atoms with Gasteiger partial charge in [-0.25, -0.2) is 15.0 Å². The first kappa shape index (κ1) is 16.5. The van der Waals surface area contributed by atoms with E-state index in [2.05, 4.69) is 19.9 Å². The Morgan fingerprint density at radius 1 is 1.35 bits per heavy atom. The number of amides is 1. The normalized spacial score (nSPS) is 15.1. The molecule has 0 unspecified atom stereocenters. The zero-order valence-electron chi connectivity index (χ0n) is 13.8. The first-order valence-electron chi connectivity index (χ1n) is 7.96. The minimum atomic E-state index is -4.51. The summed E-state index contributed by atoms with van der Waals surface area (Å²) in [4.78, 5) is 29.3. The van der Waals surface area contributed by atoms with Crippen molar-refractivity contribution in [3.05, 3.63) is 36.1 Å². The molecule has 0 radical (unpaired) electrons. The molecule has 3 aromatic rings. The molecule has 0 saturated heterocycles. The van der Waals surface area contributed by atoms with Crippen LogP contribution >= 0.6 is 0 Å². The molecule has 0 fully saturated rings. The molecule has 9 heteroatoms. The third-order valence-electron chi connectivity index (χ3n) is 4.29. The second-order valence-corrected chi connectivity index (χ2v) is 6.17. The number of hydrogen-bond acceptors (Lipinski definition) is 4. The van der Waals surface area contributed by atoms with Gasteiger partial charge in [0.1, 0.15) is 17.9 Å². The van der Waals surface area contributed by atoms with Gasteiger partial charge in [-0.2, -0.15) is 13.2 Å². The highest BCUT2D eigenvalue weighted by Gasteiger charge is 2.35. The molecule has 6 nitrogen and oxygen atoms in total. The molecule has 3 aromatic heterocycles. The molecule has 1 N–H and O–H groups in total. The molecular formula is C17H14F3N5O. The minimum Gasteiger partial charge on any atom is -0.346 e. The maximum atomic E-state index is 12.5. The maximum Gasteiger partial charge on any atom is 0.397 e. The topological polar surface area (TPSA) is 74.8 Å². The third kappa shape index (κ3) is 2.89. The van der Waals surface area contributed by atoms with Crippen LogP contribution in [0.4, 0.5) is 13.2 Å². The number of pyridine rings is 1. The molecule has 1 aliphatic heterocycles. The van der Waals surface area contributed by atoms with Gasteiger partial charge in [0.2, 0.25) is 5.91 Å². The molecule has 0 spiro atoms. The van der Waals surface area contributed by atoms with Crippen LogP contribution in [-0.2, 0) is 4.79 Å². The Hall–Kier alpha value is -2.97. The van der Waals surface area contributed by atoms with Gasteiger partial charge in [0.05, 0.1) is 17.4 Å². The van der Waals surface area contributed by atoms with Gasteiger partial charge in [0, 0.05) is 30.1 Å². The van der Waals surface area contributed by atoms with Crippen LogP contribution in [0.5, 0.6) is 0 Å². The second-order valence-electron chi connectivity index (χ2n) is 6.17. The van der Waals surface area contributed by atoms with E-state index in [4.69, 9.17) is 0 Å². The molecular weight excluding hydrogens is 347 g/mol. The smallest absolute Gasteiger partial charge is 0.346 e. The Bertz CT molecular complexity index is 1050. The van der Waals surface area contributed by atoms with Crippen molar-refractivity contribution in [1.29, 1.82) is 0 Å². The number of fused-ring (bicyclic) bond motifs is 3. The highest BCUT2D eigenvalue weighted by Crippen LogP contribution is 2.31. The molecule has 4 rings (SSSR count). The van der Waals surface area contributed by atoms with E-state index in [0.29, 0.717) is 28.3 Å². The van der Waals surface area contributed by atoms with E-state index >= 15 is 0 Å². The van der Waals surface area contributed by atoms with E-state index in [1.54, 1.807) is 25.4 Å². The van der Waals surface area contributed by atoms with Crippen molar-refractivity contribution in [3.63, 3.8) is 0 Å². The fraction of sp³-hybridized carbons (Fsp3) is 0.294. The van der Waals surface area contributed by atoms with Gasteiger partial charge in [-0.05, 0) is 18.6 Å². The predicted molar refractivity (Wildman–Crippen MR) is 89.2 cm³/mol. The van der Waals surface area contributed by atoms with Gasteiger partial charge < -0.3 is 9.88 Å². The number of aryl methyl sites for hydroxylation is 1.